The highest BCUT2D eigenvalue weighted by molar-refractivity contribution is 8.17. The summed E-state index contributed by atoms with van der Waals surface area (Å²) in [5.41, 5.74) is 0. The molecule has 0 bridgehead atoms. The fourth-order valence-electron chi connectivity index (χ4n) is 3.42. The minimum atomic E-state index is -4.80. The monoisotopic (exact) mass is 615 g/mol. The van der Waals surface area contributed by atoms with E-state index in [-0.39, 0.29) is 0 Å². The standard InChI is InChI=1S/C13H29NO20S3/c1-29-13-9(34-37(26,27)28)7(17)8(10(33-13)11(18)19)32-12-4(14-35(20,21)22)6(16)5(15)3(31-12)2-30-36(23,24)25/h3-10,12-17,20-28H,2H2,1H3,(H,18,19)/t3-,4-,5-,6-,7+,8+,9-,10-,12-,13-/m1/s1. The fourth-order valence-corrected chi connectivity index (χ4v) is 4.86. The number of aliphatic hydroxyl groups excluding tert-OH is 3. The molecule has 0 amide bonds. The van der Waals surface area contributed by atoms with E-state index in [9.17, 15) is 52.5 Å². The first-order chi connectivity index (χ1) is 16.7. The van der Waals surface area contributed by atoms with Crippen LogP contribution in [0.1, 0.15) is 0 Å². The van der Waals surface area contributed by atoms with Crippen molar-refractivity contribution in [2.24, 2.45) is 0 Å². The van der Waals surface area contributed by atoms with Gasteiger partial charge in [0, 0.05) is 7.11 Å². The molecule has 2 aliphatic heterocycles. The van der Waals surface area contributed by atoms with Gasteiger partial charge in [-0.05, 0) is 0 Å². The van der Waals surface area contributed by atoms with Crippen LogP contribution in [-0.2, 0) is 32.1 Å². The summed E-state index contributed by atoms with van der Waals surface area (Å²) in [6, 6.07) is -2.02. The predicted molar refractivity (Wildman–Crippen MR) is 119 cm³/mol. The van der Waals surface area contributed by atoms with Gasteiger partial charge in [0.05, 0.1) is 6.61 Å². The zero-order chi connectivity index (χ0) is 28.5. The Morgan fingerprint density at radius 1 is 0.838 bits per heavy atom. The van der Waals surface area contributed by atoms with E-state index in [0.29, 0.717) is 0 Å². The van der Waals surface area contributed by atoms with Crippen LogP contribution in [0.2, 0.25) is 0 Å². The van der Waals surface area contributed by atoms with Crippen LogP contribution >= 0.6 is 33.4 Å². The Morgan fingerprint density at radius 2 is 1.43 bits per heavy atom. The van der Waals surface area contributed by atoms with Gasteiger partial charge in [0.1, 0.15) is 36.6 Å². The molecule has 0 saturated carbocycles. The van der Waals surface area contributed by atoms with Crippen molar-refractivity contribution in [3.8, 4) is 0 Å². The molecule has 2 aliphatic rings. The second kappa shape index (κ2) is 12.5. The number of hydrogen-bond donors (Lipinski definition) is 14. The number of aliphatic carboxylic acids is 1. The minimum absolute atomic E-state index is 0.946. The second-order valence-electron chi connectivity index (χ2n) is 7.56. The molecule has 0 spiro atoms. The van der Waals surface area contributed by atoms with Crippen LogP contribution in [0.25, 0.3) is 0 Å². The Balaban J connectivity index is 2.41. The normalized spacial score (nSPS) is 39.3. The van der Waals surface area contributed by atoms with Crippen molar-refractivity contribution in [3.05, 3.63) is 0 Å². The molecule has 0 unspecified atom stereocenters. The van der Waals surface area contributed by atoms with Crippen molar-refractivity contribution in [3.63, 3.8) is 0 Å². The van der Waals surface area contributed by atoms with E-state index in [2.05, 4.69) is 8.37 Å². The molecule has 2 saturated heterocycles. The van der Waals surface area contributed by atoms with Crippen LogP contribution in [0.3, 0.4) is 0 Å². The topological polar surface area (TPSA) is 347 Å². The van der Waals surface area contributed by atoms with Crippen molar-refractivity contribution < 1.29 is 93.5 Å². The summed E-state index contributed by atoms with van der Waals surface area (Å²) in [5.74, 6) is -1.80. The maximum atomic E-state index is 11.8. The van der Waals surface area contributed by atoms with Gasteiger partial charge in [-0.1, -0.05) is 0 Å². The van der Waals surface area contributed by atoms with Crippen LogP contribution in [0.15, 0.2) is 0 Å². The van der Waals surface area contributed by atoms with Crippen LogP contribution in [0.5, 0.6) is 0 Å². The average Bonchev–Trinajstić information content (AvgIpc) is 2.72. The Kier molecular flexibility index (Phi) is 11.2. The summed E-state index contributed by atoms with van der Waals surface area (Å²) >= 11 is -14.1. The van der Waals surface area contributed by atoms with Gasteiger partial charge in [0.25, 0.3) is 0 Å². The summed E-state index contributed by atoms with van der Waals surface area (Å²) < 4.78 is 114. The summed E-state index contributed by atoms with van der Waals surface area (Å²) in [7, 11) is 0.946. The highest BCUT2D eigenvalue weighted by atomic mass is 32.3. The molecule has 0 aromatic heterocycles. The molecule has 21 nitrogen and oxygen atoms in total. The Morgan fingerprint density at radius 3 is 1.89 bits per heavy atom. The molecular weight excluding hydrogens is 586 g/mol. The molecule has 2 rings (SSSR count). The lowest BCUT2D eigenvalue weighted by Crippen LogP contribution is -2.68. The van der Waals surface area contributed by atoms with Crippen molar-refractivity contribution in [2.45, 2.75) is 61.3 Å². The predicted octanol–water partition coefficient (Wildman–Crippen LogP) is -1.59. The third kappa shape index (κ3) is 9.42. The molecule has 0 aromatic carbocycles. The average molecular weight is 616 g/mol. The van der Waals surface area contributed by atoms with E-state index < -0.39 is 107 Å². The third-order valence-electron chi connectivity index (χ3n) is 4.91. The van der Waals surface area contributed by atoms with Gasteiger partial charge < -0.3 is 39.4 Å². The second-order valence-corrected chi connectivity index (χ2v) is 11.1. The van der Waals surface area contributed by atoms with Gasteiger partial charge >= 0.3 is 5.97 Å². The lowest BCUT2D eigenvalue weighted by molar-refractivity contribution is -0.335. The highest BCUT2D eigenvalue weighted by Crippen LogP contribution is 2.42. The number of aliphatic hydroxyl groups is 3. The Bertz CT molecular complexity index is 757. The number of carboxylic acids is 1. The molecule has 0 aromatic rings. The first kappa shape index (κ1) is 33.0. The van der Waals surface area contributed by atoms with Gasteiger partial charge in [-0.2, -0.15) is 0 Å². The molecule has 2 fully saturated rings. The molecule has 37 heavy (non-hydrogen) atoms. The van der Waals surface area contributed by atoms with Crippen LogP contribution in [0.4, 0.5) is 0 Å². The van der Waals surface area contributed by atoms with E-state index in [0.717, 1.165) is 7.11 Å². The van der Waals surface area contributed by atoms with Gasteiger partial charge in [0.2, 0.25) is 22.3 Å². The maximum absolute atomic E-state index is 11.8. The van der Waals surface area contributed by atoms with Crippen molar-refractivity contribution >= 4 is 39.3 Å². The highest BCUT2D eigenvalue weighted by Gasteiger charge is 2.55. The molecule has 14 N–H and O–H groups in total. The molecule has 2 heterocycles. The largest absolute Gasteiger partial charge is 0.479 e. The van der Waals surface area contributed by atoms with E-state index in [1.807, 2.05) is 0 Å². The van der Waals surface area contributed by atoms with Gasteiger partial charge in [0.15, 0.2) is 35.8 Å². The summed E-state index contributed by atoms with van der Waals surface area (Å²) in [5, 5.41) is 40.9. The fraction of sp³-hybridized carbons (Fsp3) is 0.923. The summed E-state index contributed by atoms with van der Waals surface area (Å²) in [4.78, 5) is 11.8. The SMILES string of the molecule is CO[C@@H]1O[C@@H](C(=O)O)[C@@H](O[C@H]2O[C@H](COS(O)(O)O)[C@@H](O)[C@H](O)[C@H]2NS(O)(O)O)[C@H](O)[C@H]1OS(O)(O)O. The number of carboxylic acid groups (broad SMARTS) is 1. The molecular formula is C13H29NO20S3. The lowest BCUT2D eigenvalue weighted by atomic mass is 9.96. The molecule has 0 radical (unpaired) electrons. The number of rotatable bonds is 11. The third-order valence-corrected chi connectivity index (χ3v) is 6.43. The first-order valence-electron chi connectivity index (χ1n) is 9.62. The number of methoxy groups -OCH3 is 1. The minimum Gasteiger partial charge on any atom is -0.479 e. The maximum Gasteiger partial charge on any atom is 0.335 e. The van der Waals surface area contributed by atoms with Crippen molar-refractivity contribution in [1.29, 1.82) is 0 Å². The van der Waals surface area contributed by atoms with E-state index in [1.54, 1.807) is 4.72 Å². The zero-order valence-corrected chi connectivity index (χ0v) is 20.8. The van der Waals surface area contributed by atoms with Crippen LogP contribution in [0, 0.1) is 0 Å². The number of ether oxygens (including phenoxy) is 4. The Hall–Kier alpha value is -0.240. The lowest BCUT2D eigenvalue weighted by Gasteiger charge is -2.48. The number of carbonyl (C=O) groups is 1. The van der Waals surface area contributed by atoms with Gasteiger partial charge in [-0.25, -0.2) is 9.52 Å². The molecule has 10 atom stereocenters. The summed E-state index contributed by atoms with van der Waals surface area (Å²) in [6.07, 6.45) is -18.6. The first-order valence-corrected chi connectivity index (χ1v) is 14.0. The molecule has 224 valence electrons. The van der Waals surface area contributed by atoms with Crippen LogP contribution in [-0.4, -0.2) is 142 Å². The van der Waals surface area contributed by atoms with E-state index in [4.69, 9.17) is 32.6 Å². The number of hydrogen-bond acceptors (Lipinski definition) is 20. The number of nitrogens with one attached hydrogen (secondary N) is 1. The summed E-state index contributed by atoms with van der Waals surface area (Å²) in [6.45, 7) is -1.05. The zero-order valence-electron chi connectivity index (χ0n) is 18.4. The van der Waals surface area contributed by atoms with E-state index >= 15 is 0 Å². The van der Waals surface area contributed by atoms with E-state index in [1.165, 1.54) is 0 Å². The van der Waals surface area contributed by atoms with Crippen molar-refractivity contribution in [1.82, 2.24) is 4.72 Å². The van der Waals surface area contributed by atoms with Gasteiger partial charge in [-0.3, -0.25) is 49.3 Å². The molecule has 24 heteroatoms. The van der Waals surface area contributed by atoms with Gasteiger partial charge in [-0.15, -0.1) is 0 Å². The smallest absolute Gasteiger partial charge is 0.335 e. The Labute approximate surface area is 212 Å². The van der Waals surface area contributed by atoms with Crippen LogP contribution < -0.4 is 4.72 Å². The quantitative estimate of drug-likeness (QED) is 0.124. The van der Waals surface area contributed by atoms with Crippen molar-refractivity contribution in [2.75, 3.05) is 13.7 Å². The molecule has 0 aliphatic carbocycles.